The van der Waals surface area contributed by atoms with Crippen molar-refractivity contribution >= 4 is 11.7 Å². The number of urea groups is 1. The van der Waals surface area contributed by atoms with Gasteiger partial charge in [-0.15, -0.1) is 0 Å². The number of benzene rings is 2. The van der Waals surface area contributed by atoms with E-state index in [1.54, 1.807) is 42.5 Å². The second kappa shape index (κ2) is 8.58. The van der Waals surface area contributed by atoms with Crippen LogP contribution in [0.2, 0.25) is 0 Å². The molecule has 0 aromatic heterocycles. The van der Waals surface area contributed by atoms with Crippen LogP contribution in [0.25, 0.3) is 0 Å². The molecule has 7 heteroatoms. The standard InChI is InChI=1S/C21H25FN4O2/c22-19-3-1-2-4-20(19)28-18-7-5-16(6-8-18)24-21(27)26-13-11-25(12-14-26)17-9-10-23-15-17/h1-8,17,23H,9-15H2,(H,24,27)/t17-/m1/s1. The Kier molecular flexibility index (Phi) is 5.73. The van der Waals surface area contributed by atoms with Crippen molar-refractivity contribution in [1.29, 1.82) is 0 Å². The van der Waals surface area contributed by atoms with Crippen LogP contribution in [-0.2, 0) is 0 Å². The molecule has 0 saturated carbocycles. The Morgan fingerprint density at radius 3 is 2.50 bits per heavy atom. The molecule has 0 unspecified atom stereocenters. The third-order valence-electron chi connectivity index (χ3n) is 5.32. The number of hydrogen-bond donors (Lipinski definition) is 2. The molecule has 2 fully saturated rings. The third-order valence-corrected chi connectivity index (χ3v) is 5.32. The fourth-order valence-corrected chi connectivity index (χ4v) is 3.70. The number of amides is 2. The Morgan fingerprint density at radius 1 is 1.07 bits per heavy atom. The van der Waals surface area contributed by atoms with E-state index < -0.39 is 5.82 Å². The Labute approximate surface area is 164 Å². The number of halogens is 1. The lowest BCUT2D eigenvalue weighted by molar-refractivity contribution is 0.119. The zero-order valence-electron chi connectivity index (χ0n) is 15.7. The molecule has 2 aliphatic heterocycles. The molecule has 148 valence electrons. The van der Waals surface area contributed by atoms with Crippen molar-refractivity contribution in [2.75, 3.05) is 44.6 Å². The molecule has 1 atom stereocenters. The SMILES string of the molecule is O=C(Nc1ccc(Oc2ccccc2F)cc1)N1CCN([C@@H]2CCNC2)CC1. The lowest BCUT2D eigenvalue weighted by atomic mass is 10.2. The Hall–Kier alpha value is -2.64. The second-order valence-electron chi connectivity index (χ2n) is 7.16. The number of para-hydroxylation sites is 1. The number of rotatable bonds is 4. The van der Waals surface area contributed by atoms with Crippen molar-refractivity contribution in [2.45, 2.75) is 12.5 Å². The molecule has 0 spiro atoms. The van der Waals surface area contributed by atoms with Gasteiger partial charge >= 0.3 is 6.03 Å². The summed E-state index contributed by atoms with van der Waals surface area (Å²) in [5, 5.41) is 6.32. The topological polar surface area (TPSA) is 56.8 Å². The molecule has 2 aliphatic rings. The summed E-state index contributed by atoms with van der Waals surface area (Å²) in [6.07, 6.45) is 1.19. The smallest absolute Gasteiger partial charge is 0.321 e. The van der Waals surface area contributed by atoms with E-state index >= 15 is 0 Å². The van der Waals surface area contributed by atoms with Crippen LogP contribution in [0.1, 0.15) is 6.42 Å². The number of nitrogens with one attached hydrogen (secondary N) is 2. The van der Waals surface area contributed by atoms with Crippen molar-refractivity contribution in [3.8, 4) is 11.5 Å². The van der Waals surface area contributed by atoms with Gasteiger partial charge in [-0.05, 0) is 49.4 Å². The van der Waals surface area contributed by atoms with Gasteiger partial charge in [-0.25, -0.2) is 9.18 Å². The van der Waals surface area contributed by atoms with Crippen LogP contribution < -0.4 is 15.4 Å². The number of nitrogens with zero attached hydrogens (tertiary/aromatic N) is 2. The zero-order chi connectivity index (χ0) is 19.3. The normalized spacial score (nSPS) is 20.2. The van der Waals surface area contributed by atoms with E-state index in [4.69, 9.17) is 4.74 Å². The second-order valence-corrected chi connectivity index (χ2v) is 7.16. The summed E-state index contributed by atoms with van der Waals surface area (Å²) in [6, 6.07) is 13.7. The van der Waals surface area contributed by atoms with Gasteiger partial charge in [-0.3, -0.25) is 4.90 Å². The Bertz CT molecular complexity index is 800. The minimum atomic E-state index is -0.410. The van der Waals surface area contributed by atoms with Crippen LogP contribution in [0, 0.1) is 5.82 Å². The number of anilines is 1. The molecule has 0 radical (unpaired) electrons. The molecule has 6 nitrogen and oxygen atoms in total. The van der Waals surface area contributed by atoms with E-state index in [9.17, 15) is 9.18 Å². The highest BCUT2D eigenvalue weighted by atomic mass is 19.1. The average Bonchev–Trinajstić information content (AvgIpc) is 3.26. The largest absolute Gasteiger partial charge is 0.454 e. The lowest BCUT2D eigenvalue weighted by Crippen LogP contribution is -2.53. The minimum absolute atomic E-state index is 0.0908. The molecular formula is C21H25FN4O2. The fourth-order valence-electron chi connectivity index (χ4n) is 3.70. The van der Waals surface area contributed by atoms with E-state index in [0.717, 1.165) is 39.3 Å². The molecule has 2 aromatic rings. The monoisotopic (exact) mass is 384 g/mol. The highest BCUT2D eigenvalue weighted by molar-refractivity contribution is 5.89. The highest BCUT2D eigenvalue weighted by Crippen LogP contribution is 2.25. The number of carbonyl (C=O) groups is 1. The van der Waals surface area contributed by atoms with Crippen molar-refractivity contribution < 1.29 is 13.9 Å². The first-order valence-corrected chi connectivity index (χ1v) is 9.72. The van der Waals surface area contributed by atoms with Crippen LogP contribution in [0.3, 0.4) is 0 Å². The summed E-state index contributed by atoms with van der Waals surface area (Å²) in [7, 11) is 0. The molecule has 28 heavy (non-hydrogen) atoms. The van der Waals surface area contributed by atoms with Gasteiger partial charge in [0.1, 0.15) is 5.75 Å². The predicted octanol–water partition coefficient (Wildman–Crippen LogP) is 3.13. The highest BCUT2D eigenvalue weighted by Gasteiger charge is 2.27. The number of hydrogen-bond acceptors (Lipinski definition) is 4. The molecule has 0 aliphatic carbocycles. The van der Waals surface area contributed by atoms with Gasteiger partial charge in [0.25, 0.3) is 0 Å². The van der Waals surface area contributed by atoms with Gasteiger partial charge in [-0.1, -0.05) is 12.1 Å². The lowest BCUT2D eigenvalue weighted by Gasteiger charge is -2.37. The van der Waals surface area contributed by atoms with E-state index in [-0.39, 0.29) is 11.8 Å². The van der Waals surface area contributed by atoms with Crippen molar-refractivity contribution in [3.63, 3.8) is 0 Å². The van der Waals surface area contributed by atoms with Gasteiger partial charge in [0.15, 0.2) is 11.6 Å². The number of ether oxygens (including phenoxy) is 1. The van der Waals surface area contributed by atoms with E-state index in [1.807, 2.05) is 4.90 Å². The van der Waals surface area contributed by atoms with E-state index in [2.05, 4.69) is 15.5 Å². The van der Waals surface area contributed by atoms with Crippen molar-refractivity contribution in [2.24, 2.45) is 0 Å². The third kappa shape index (κ3) is 4.43. The maximum atomic E-state index is 13.7. The molecule has 0 bridgehead atoms. The van der Waals surface area contributed by atoms with Crippen LogP contribution in [0.15, 0.2) is 48.5 Å². The van der Waals surface area contributed by atoms with E-state index in [1.165, 1.54) is 12.5 Å². The van der Waals surface area contributed by atoms with Gasteiger partial charge < -0.3 is 20.3 Å². The molecule has 2 saturated heterocycles. The van der Waals surface area contributed by atoms with Gasteiger partial charge in [0.2, 0.25) is 0 Å². The summed E-state index contributed by atoms with van der Waals surface area (Å²) in [6.45, 7) is 5.42. The van der Waals surface area contributed by atoms with Crippen molar-refractivity contribution in [1.82, 2.24) is 15.1 Å². The predicted molar refractivity (Wildman–Crippen MR) is 106 cm³/mol. The quantitative estimate of drug-likeness (QED) is 0.850. The first-order chi connectivity index (χ1) is 13.7. The summed E-state index contributed by atoms with van der Waals surface area (Å²) in [5.41, 5.74) is 0.688. The molecule has 2 aromatic carbocycles. The van der Waals surface area contributed by atoms with Gasteiger partial charge in [0, 0.05) is 44.5 Å². The van der Waals surface area contributed by atoms with Crippen LogP contribution in [0.4, 0.5) is 14.9 Å². The molecular weight excluding hydrogens is 359 g/mol. The average molecular weight is 384 g/mol. The summed E-state index contributed by atoms with van der Waals surface area (Å²) >= 11 is 0. The summed E-state index contributed by atoms with van der Waals surface area (Å²) in [4.78, 5) is 16.8. The summed E-state index contributed by atoms with van der Waals surface area (Å²) < 4.78 is 19.2. The maximum absolute atomic E-state index is 13.7. The zero-order valence-corrected chi connectivity index (χ0v) is 15.7. The molecule has 2 N–H and O–H groups in total. The van der Waals surface area contributed by atoms with Crippen LogP contribution in [0.5, 0.6) is 11.5 Å². The first kappa shape index (κ1) is 18.7. The first-order valence-electron chi connectivity index (χ1n) is 9.72. The summed E-state index contributed by atoms with van der Waals surface area (Å²) in [5.74, 6) is 0.281. The molecule has 2 heterocycles. The van der Waals surface area contributed by atoms with Crippen molar-refractivity contribution in [3.05, 3.63) is 54.3 Å². The molecule has 4 rings (SSSR count). The van der Waals surface area contributed by atoms with Gasteiger partial charge in [-0.2, -0.15) is 0 Å². The maximum Gasteiger partial charge on any atom is 0.321 e. The fraction of sp³-hybridized carbons (Fsp3) is 0.381. The Balaban J connectivity index is 1.28. The minimum Gasteiger partial charge on any atom is -0.454 e. The van der Waals surface area contributed by atoms with Crippen LogP contribution in [-0.4, -0.2) is 61.1 Å². The van der Waals surface area contributed by atoms with E-state index in [0.29, 0.717) is 17.5 Å². The number of carbonyl (C=O) groups excluding carboxylic acids is 1. The van der Waals surface area contributed by atoms with Crippen LogP contribution >= 0.6 is 0 Å². The molecule has 2 amide bonds. The Morgan fingerprint density at radius 2 is 1.82 bits per heavy atom. The number of piperazine rings is 1. The van der Waals surface area contributed by atoms with Gasteiger partial charge in [0.05, 0.1) is 0 Å².